The molecule has 0 aliphatic heterocycles. The number of hydrogen-bond acceptors (Lipinski definition) is 2. The molecule has 0 saturated carbocycles. The second-order valence-electron chi connectivity index (χ2n) is 4.50. The van der Waals surface area contributed by atoms with Gasteiger partial charge in [-0.05, 0) is 46.6 Å². The molecule has 0 spiro atoms. The molecule has 2 aromatic rings. The van der Waals surface area contributed by atoms with E-state index in [1.54, 1.807) is 24.3 Å². The van der Waals surface area contributed by atoms with Crippen molar-refractivity contribution in [2.24, 2.45) is 0 Å². The van der Waals surface area contributed by atoms with E-state index in [0.29, 0.717) is 22.0 Å². The molecule has 0 fully saturated rings. The molecule has 21 heavy (non-hydrogen) atoms. The first-order valence-electron chi connectivity index (χ1n) is 6.41. The molecule has 0 bridgehead atoms. The summed E-state index contributed by atoms with van der Waals surface area (Å²) in [7, 11) is 0. The highest BCUT2D eigenvalue weighted by Gasteiger charge is 2.13. The normalized spacial score (nSPS) is 10.2. The SMILES string of the molecule is CCCn1cc(Br)cc1C(=O)Nc1ccc(C#N)c(Cl)c1. The summed E-state index contributed by atoms with van der Waals surface area (Å²) < 4.78 is 2.75. The van der Waals surface area contributed by atoms with Crippen LogP contribution in [0.5, 0.6) is 0 Å². The minimum Gasteiger partial charge on any atom is -0.342 e. The summed E-state index contributed by atoms with van der Waals surface area (Å²) >= 11 is 9.34. The number of aryl methyl sites for hydroxylation is 1. The summed E-state index contributed by atoms with van der Waals surface area (Å²) in [6.07, 6.45) is 2.81. The van der Waals surface area contributed by atoms with Crippen molar-refractivity contribution < 1.29 is 4.79 Å². The van der Waals surface area contributed by atoms with Crippen LogP contribution < -0.4 is 5.32 Å². The maximum Gasteiger partial charge on any atom is 0.272 e. The lowest BCUT2D eigenvalue weighted by Crippen LogP contribution is -2.16. The number of anilines is 1. The van der Waals surface area contributed by atoms with Crippen molar-refractivity contribution in [1.29, 1.82) is 5.26 Å². The summed E-state index contributed by atoms with van der Waals surface area (Å²) in [5.41, 5.74) is 1.51. The van der Waals surface area contributed by atoms with Crippen LogP contribution in [0.15, 0.2) is 34.9 Å². The molecule has 1 heterocycles. The van der Waals surface area contributed by atoms with E-state index < -0.39 is 0 Å². The number of rotatable bonds is 4. The van der Waals surface area contributed by atoms with Crippen molar-refractivity contribution in [3.8, 4) is 6.07 Å². The molecule has 0 atom stereocenters. The highest BCUT2D eigenvalue weighted by atomic mass is 79.9. The lowest BCUT2D eigenvalue weighted by Gasteiger charge is -2.09. The first-order valence-corrected chi connectivity index (χ1v) is 7.59. The van der Waals surface area contributed by atoms with Gasteiger partial charge in [-0.15, -0.1) is 0 Å². The van der Waals surface area contributed by atoms with Crippen LogP contribution >= 0.6 is 27.5 Å². The van der Waals surface area contributed by atoms with Gasteiger partial charge in [0.05, 0.1) is 10.6 Å². The van der Waals surface area contributed by atoms with E-state index in [1.165, 1.54) is 0 Å². The van der Waals surface area contributed by atoms with Gasteiger partial charge in [0.15, 0.2) is 0 Å². The monoisotopic (exact) mass is 365 g/mol. The van der Waals surface area contributed by atoms with Crippen LogP contribution in [0.2, 0.25) is 5.02 Å². The largest absolute Gasteiger partial charge is 0.342 e. The average molecular weight is 367 g/mol. The van der Waals surface area contributed by atoms with E-state index in [1.807, 2.05) is 16.8 Å². The van der Waals surface area contributed by atoms with Gasteiger partial charge in [-0.25, -0.2) is 0 Å². The lowest BCUT2D eigenvalue weighted by molar-refractivity contribution is 0.101. The highest BCUT2D eigenvalue weighted by Crippen LogP contribution is 2.22. The smallest absolute Gasteiger partial charge is 0.272 e. The minimum absolute atomic E-state index is 0.213. The second kappa shape index (κ2) is 6.79. The van der Waals surface area contributed by atoms with Crippen molar-refractivity contribution in [2.45, 2.75) is 19.9 Å². The number of hydrogen-bond donors (Lipinski definition) is 1. The zero-order chi connectivity index (χ0) is 15.4. The molecule has 0 aliphatic rings. The van der Waals surface area contributed by atoms with Crippen LogP contribution in [0.1, 0.15) is 29.4 Å². The zero-order valence-electron chi connectivity index (χ0n) is 11.4. The molecule has 0 aliphatic carbocycles. The summed E-state index contributed by atoms with van der Waals surface area (Å²) in [6, 6.07) is 8.56. The van der Waals surface area contributed by atoms with E-state index in [9.17, 15) is 4.79 Å². The summed E-state index contributed by atoms with van der Waals surface area (Å²) in [5, 5.41) is 11.9. The topological polar surface area (TPSA) is 57.8 Å². The van der Waals surface area contributed by atoms with Gasteiger partial charge in [0, 0.05) is 22.9 Å². The van der Waals surface area contributed by atoms with Gasteiger partial charge < -0.3 is 9.88 Å². The zero-order valence-corrected chi connectivity index (χ0v) is 13.7. The molecular formula is C15H13BrClN3O. The third-order valence-electron chi connectivity index (χ3n) is 2.91. The van der Waals surface area contributed by atoms with Crippen LogP contribution in [0.3, 0.4) is 0 Å². The minimum atomic E-state index is -0.213. The first-order chi connectivity index (χ1) is 10.0. The number of benzene rings is 1. The van der Waals surface area contributed by atoms with Crippen LogP contribution in [0.25, 0.3) is 0 Å². The van der Waals surface area contributed by atoms with E-state index in [2.05, 4.69) is 28.2 Å². The Morgan fingerprint density at radius 2 is 2.24 bits per heavy atom. The number of nitrogens with zero attached hydrogens (tertiary/aromatic N) is 2. The van der Waals surface area contributed by atoms with Crippen molar-refractivity contribution in [3.05, 3.63) is 51.2 Å². The third kappa shape index (κ3) is 3.66. The van der Waals surface area contributed by atoms with Gasteiger partial charge in [0.2, 0.25) is 0 Å². The van der Waals surface area contributed by atoms with Gasteiger partial charge in [0.25, 0.3) is 5.91 Å². The predicted octanol–water partition coefficient (Wildman–Crippen LogP) is 4.44. The molecule has 1 aromatic heterocycles. The Kier molecular flexibility index (Phi) is 5.05. The van der Waals surface area contributed by atoms with Crippen molar-refractivity contribution in [1.82, 2.24) is 4.57 Å². The standard InChI is InChI=1S/C15H13BrClN3O/c1-2-5-20-9-11(16)6-14(20)15(21)19-12-4-3-10(8-18)13(17)7-12/h3-4,6-7,9H,2,5H2,1H3,(H,19,21). The first kappa shape index (κ1) is 15.6. The molecule has 2 rings (SSSR count). The number of carbonyl (C=O) groups is 1. The molecule has 0 saturated heterocycles. The summed E-state index contributed by atoms with van der Waals surface area (Å²) in [6.45, 7) is 2.82. The number of halogens is 2. The Bertz CT molecular complexity index is 718. The Morgan fingerprint density at radius 1 is 1.48 bits per heavy atom. The van der Waals surface area contributed by atoms with Crippen LogP contribution in [0.4, 0.5) is 5.69 Å². The molecule has 6 heteroatoms. The molecule has 0 radical (unpaired) electrons. The molecule has 1 aromatic carbocycles. The fraction of sp³-hybridized carbons (Fsp3) is 0.200. The quantitative estimate of drug-likeness (QED) is 0.869. The van der Waals surface area contributed by atoms with E-state index in [-0.39, 0.29) is 5.91 Å². The second-order valence-corrected chi connectivity index (χ2v) is 5.82. The number of nitriles is 1. The van der Waals surface area contributed by atoms with E-state index in [4.69, 9.17) is 16.9 Å². The molecular weight excluding hydrogens is 354 g/mol. The van der Waals surface area contributed by atoms with Gasteiger partial charge in [-0.1, -0.05) is 18.5 Å². The average Bonchev–Trinajstić information content (AvgIpc) is 2.80. The maximum atomic E-state index is 12.3. The van der Waals surface area contributed by atoms with E-state index in [0.717, 1.165) is 17.4 Å². The Morgan fingerprint density at radius 3 is 2.86 bits per heavy atom. The highest BCUT2D eigenvalue weighted by molar-refractivity contribution is 9.10. The van der Waals surface area contributed by atoms with Crippen molar-refractivity contribution in [2.75, 3.05) is 5.32 Å². The Labute approximate surface area is 136 Å². The molecule has 108 valence electrons. The van der Waals surface area contributed by atoms with Gasteiger partial charge in [0.1, 0.15) is 11.8 Å². The van der Waals surface area contributed by atoms with Crippen LogP contribution in [-0.4, -0.2) is 10.5 Å². The van der Waals surface area contributed by atoms with Crippen LogP contribution in [-0.2, 0) is 6.54 Å². The summed E-state index contributed by atoms with van der Waals surface area (Å²) in [5.74, 6) is -0.213. The van der Waals surface area contributed by atoms with Gasteiger partial charge >= 0.3 is 0 Å². The van der Waals surface area contributed by atoms with Crippen molar-refractivity contribution >= 4 is 39.1 Å². The number of aromatic nitrogens is 1. The fourth-order valence-electron chi connectivity index (χ4n) is 1.97. The Balaban J connectivity index is 2.22. The maximum absolute atomic E-state index is 12.3. The molecule has 4 nitrogen and oxygen atoms in total. The lowest BCUT2D eigenvalue weighted by atomic mass is 10.2. The predicted molar refractivity (Wildman–Crippen MR) is 86.5 cm³/mol. The number of nitrogens with one attached hydrogen (secondary N) is 1. The number of carbonyl (C=O) groups excluding carboxylic acids is 1. The fourth-order valence-corrected chi connectivity index (χ4v) is 2.66. The van der Waals surface area contributed by atoms with Gasteiger partial charge in [-0.3, -0.25) is 4.79 Å². The Hall–Kier alpha value is -1.77. The van der Waals surface area contributed by atoms with Crippen molar-refractivity contribution in [3.63, 3.8) is 0 Å². The molecule has 0 unspecified atom stereocenters. The molecule has 1 amide bonds. The molecule has 1 N–H and O–H groups in total. The number of amides is 1. The van der Waals surface area contributed by atoms with Crippen LogP contribution in [0, 0.1) is 11.3 Å². The van der Waals surface area contributed by atoms with Gasteiger partial charge in [-0.2, -0.15) is 5.26 Å². The summed E-state index contributed by atoms with van der Waals surface area (Å²) in [4.78, 5) is 12.3. The third-order valence-corrected chi connectivity index (χ3v) is 3.65. The van der Waals surface area contributed by atoms with E-state index >= 15 is 0 Å².